The van der Waals surface area contributed by atoms with Gasteiger partial charge in [-0.25, -0.2) is 0 Å². The lowest BCUT2D eigenvalue weighted by Gasteiger charge is -2.18. The summed E-state index contributed by atoms with van der Waals surface area (Å²) in [6, 6.07) is 16.9. The highest BCUT2D eigenvalue weighted by molar-refractivity contribution is 5.35. The average molecular weight is 311 g/mol. The Morgan fingerprint density at radius 3 is 2.26 bits per heavy atom. The van der Waals surface area contributed by atoms with E-state index in [1.807, 2.05) is 6.07 Å². The third-order valence-electron chi connectivity index (χ3n) is 4.41. The third-order valence-corrected chi connectivity index (χ3v) is 4.41. The summed E-state index contributed by atoms with van der Waals surface area (Å²) >= 11 is 0. The molecule has 0 amide bonds. The van der Waals surface area contributed by atoms with E-state index in [0.29, 0.717) is 18.4 Å². The van der Waals surface area contributed by atoms with Gasteiger partial charge in [0.1, 0.15) is 5.75 Å². The molecule has 0 spiro atoms. The first-order valence-electron chi connectivity index (χ1n) is 8.60. The van der Waals surface area contributed by atoms with E-state index in [2.05, 4.69) is 63.2 Å². The minimum Gasteiger partial charge on any atom is -0.493 e. The Kier molecular flexibility index (Phi) is 6.66. The molecule has 1 atom stereocenters. The third kappa shape index (κ3) is 4.84. The fourth-order valence-electron chi connectivity index (χ4n) is 3.05. The molecular formula is C21H29NO. The maximum Gasteiger partial charge on any atom is 0.122 e. The van der Waals surface area contributed by atoms with E-state index < -0.39 is 0 Å². The van der Waals surface area contributed by atoms with Crippen LogP contribution in [-0.2, 0) is 0 Å². The van der Waals surface area contributed by atoms with Crippen LogP contribution in [0.5, 0.6) is 5.75 Å². The number of para-hydroxylation sites is 1. The maximum absolute atomic E-state index is 6.02. The number of hydrogen-bond donors (Lipinski definition) is 1. The molecule has 0 aromatic heterocycles. The lowest BCUT2D eigenvalue weighted by Crippen LogP contribution is -2.15. The lowest BCUT2D eigenvalue weighted by molar-refractivity contribution is 0.298. The van der Waals surface area contributed by atoms with Gasteiger partial charge in [0.2, 0.25) is 0 Å². The van der Waals surface area contributed by atoms with Gasteiger partial charge < -0.3 is 10.5 Å². The molecule has 1 unspecified atom stereocenters. The topological polar surface area (TPSA) is 35.2 Å². The van der Waals surface area contributed by atoms with E-state index >= 15 is 0 Å². The molecule has 2 aromatic rings. The summed E-state index contributed by atoms with van der Waals surface area (Å²) < 4.78 is 6.02. The van der Waals surface area contributed by atoms with Crippen molar-refractivity contribution in [1.29, 1.82) is 0 Å². The molecule has 2 N–H and O–H groups in total. The summed E-state index contributed by atoms with van der Waals surface area (Å²) in [5.41, 5.74) is 9.97. The van der Waals surface area contributed by atoms with Crippen LogP contribution < -0.4 is 10.5 Å². The summed E-state index contributed by atoms with van der Waals surface area (Å²) in [4.78, 5) is 0. The predicted octanol–water partition coefficient (Wildman–Crippen LogP) is 5.02. The van der Waals surface area contributed by atoms with Crippen LogP contribution in [0.4, 0.5) is 0 Å². The quantitative estimate of drug-likeness (QED) is 0.695. The van der Waals surface area contributed by atoms with Crippen molar-refractivity contribution in [3.63, 3.8) is 0 Å². The highest BCUT2D eigenvalue weighted by atomic mass is 16.5. The molecule has 0 radical (unpaired) electrons. The van der Waals surface area contributed by atoms with Gasteiger partial charge in [0.05, 0.1) is 6.61 Å². The molecule has 0 saturated heterocycles. The Hall–Kier alpha value is -1.80. The fraction of sp³-hybridized carbons (Fsp3) is 0.429. The molecule has 2 heteroatoms. The Bertz CT molecular complexity index is 606. The van der Waals surface area contributed by atoms with Crippen molar-refractivity contribution >= 4 is 0 Å². The number of rotatable bonds is 8. The van der Waals surface area contributed by atoms with Crippen LogP contribution in [0.1, 0.15) is 55.2 Å². The molecule has 2 rings (SSSR count). The summed E-state index contributed by atoms with van der Waals surface area (Å²) in [7, 11) is 0. The smallest absolute Gasteiger partial charge is 0.122 e. The van der Waals surface area contributed by atoms with Gasteiger partial charge in [-0.1, -0.05) is 56.3 Å². The van der Waals surface area contributed by atoms with Crippen LogP contribution in [0.25, 0.3) is 0 Å². The zero-order valence-electron chi connectivity index (χ0n) is 14.6. The number of hydrogen-bond acceptors (Lipinski definition) is 2. The summed E-state index contributed by atoms with van der Waals surface area (Å²) in [5, 5.41) is 0. The van der Waals surface area contributed by atoms with Gasteiger partial charge >= 0.3 is 0 Å². The lowest BCUT2D eigenvalue weighted by atomic mass is 9.91. The molecule has 0 saturated carbocycles. The molecule has 0 aliphatic carbocycles. The standard InChI is InChI=1S/C21H29NO/c1-16(2)19-11-6-7-13-21(19)23-14-8-10-18(15-22)20-12-5-4-9-17(20)3/h4-7,9,11-13,16,18H,8,10,14-15,22H2,1-3H3. The summed E-state index contributed by atoms with van der Waals surface area (Å²) in [6.07, 6.45) is 2.08. The molecule has 0 heterocycles. The van der Waals surface area contributed by atoms with E-state index in [4.69, 9.17) is 10.5 Å². The Morgan fingerprint density at radius 2 is 1.61 bits per heavy atom. The first-order chi connectivity index (χ1) is 11.1. The summed E-state index contributed by atoms with van der Waals surface area (Å²) in [6.45, 7) is 7.99. The van der Waals surface area contributed by atoms with E-state index in [-0.39, 0.29) is 0 Å². The molecule has 0 aliphatic heterocycles. The highest BCUT2D eigenvalue weighted by Gasteiger charge is 2.12. The first-order valence-corrected chi connectivity index (χ1v) is 8.60. The van der Waals surface area contributed by atoms with Crippen LogP contribution in [0.3, 0.4) is 0 Å². The zero-order chi connectivity index (χ0) is 16.7. The van der Waals surface area contributed by atoms with Crippen LogP contribution in [-0.4, -0.2) is 13.2 Å². The van der Waals surface area contributed by atoms with Crippen molar-refractivity contribution in [2.75, 3.05) is 13.2 Å². The minimum atomic E-state index is 0.417. The monoisotopic (exact) mass is 311 g/mol. The van der Waals surface area contributed by atoms with Gasteiger partial charge in [-0.05, 0) is 60.9 Å². The molecule has 0 bridgehead atoms. The SMILES string of the molecule is Cc1ccccc1C(CN)CCCOc1ccccc1C(C)C. The molecule has 23 heavy (non-hydrogen) atoms. The Balaban J connectivity index is 1.89. The van der Waals surface area contributed by atoms with Gasteiger partial charge in [0.15, 0.2) is 0 Å². The van der Waals surface area contributed by atoms with Gasteiger partial charge in [0, 0.05) is 0 Å². The second-order valence-corrected chi connectivity index (χ2v) is 6.47. The van der Waals surface area contributed by atoms with Crippen LogP contribution >= 0.6 is 0 Å². The number of ether oxygens (including phenoxy) is 1. The van der Waals surface area contributed by atoms with Crippen molar-refractivity contribution in [2.45, 2.75) is 45.4 Å². The molecule has 124 valence electrons. The molecular weight excluding hydrogens is 282 g/mol. The van der Waals surface area contributed by atoms with Gasteiger partial charge in [-0.3, -0.25) is 0 Å². The second kappa shape index (κ2) is 8.73. The number of benzene rings is 2. The van der Waals surface area contributed by atoms with Gasteiger partial charge in [-0.2, -0.15) is 0 Å². The summed E-state index contributed by atoms with van der Waals surface area (Å²) in [5.74, 6) is 1.91. The van der Waals surface area contributed by atoms with Crippen LogP contribution in [0.15, 0.2) is 48.5 Å². The normalized spacial score (nSPS) is 12.4. The predicted molar refractivity (Wildman–Crippen MR) is 98.2 cm³/mol. The minimum absolute atomic E-state index is 0.417. The van der Waals surface area contributed by atoms with Gasteiger partial charge in [-0.15, -0.1) is 0 Å². The second-order valence-electron chi connectivity index (χ2n) is 6.47. The van der Waals surface area contributed by atoms with Crippen molar-refractivity contribution in [3.05, 3.63) is 65.2 Å². The van der Waals surface area contributed by atoms with Crippen molar-refractivity contribution in [2.24, 2.45) is 5.73 Å². The van der Waals surface area contributed by atoms with Gasteiger partial charge in [0.25, 0.3) is 0 Å². The molecule has 0 aliphatic rings. The largest absolute Gasteiger partial charge is 0.493 e. The van der Waals surface area contributed by atoms with Crippen LogP contribution in [0, 0.1) is 6.92 Å². The number of aryl methyl sites for hydroxylation is 1. The molecule has 2 nitrogen and oxygen atoms in total. The fourth-order valence-corrected chi connectivity index (χ4v) is 3.05. The van der Waals surface area contributed by atoms with Crippen LogP contribution in [0.2, 0.25) is 0 Å². The van der Waals surface area contributed by atoms with Crippen molar-refractivity contribution in [1.82, 2.24) is 0 Å². The van der Waals surface area contributed by atoms with Crippen molar-refractivity contribution < 1.29 is 4.74 Å². The number of nitrogens with two attached hydrogens (primary N) is 1. The highest BCUT2D eigenvalue weighted by Crippen LogP contribution is 2.27. The maximum atomic E-state index is 6.02. The van der Waals surface area contributed by atoms with E-state index in [1.165, 1.54) is 16.7 Å². The molecule has 2 aromatic carbocycles. The average Bonchev–Trinajstić information content (AvgIpc) is 2.56. The first kappa shape index (κ1) is 17.6. The Labute approximate surface area is 140 Å². The molecule has 0 fully saturated rings. The van der Waals surface area contributed by atoms with E-state index in [0.717, 1.165) is 25.2 Å². The Morgan fingerprint density at radius 1 is 0.957 bits per heavy atom. The van der Waals surface area contributed by atoms with E-state index in [1.54, 1.807) is 0 Å². The van der Waals surface area contributed by atoms with E-state index in [9.17, 15) is 0 Å². The van der Waals surface area contributed by atoms with Crippen molar-refractivity contribution in [3.8, 4) is 5.75 Å². The zero-order valence-corrected chi connectivity index (χ0v) is 14.6.